The van der Waals surface area contributed by atoms with E-state index in [1.807, 2.05) is 0 Å². The smallest absolute Gasteiger partial charge is 0.411 e. The molecule has 0 rings (SSSR count). The van der Waals surface area contributed by atoms with Crippen LogP contribution in [0.4, 0.5) is 4.79 Å². The second-order valence-corrected chi connectivity index (χ2v) is 5.05. The van der Waals surface area contributed by atoms with Crippen molar-refractivity contribution in [2.75, 3.05) is 6.54 Å². The van der Waals surface area contributed by atoms with E-state index in [-0.39, 0.29) is 13.0 Å². The Morgan fingerprint density at radius 1 is 1.05 bits per heavy atom. The third-order valence-corrected chi connectivity index (χ3v) is 2.61. The van der Waals surface area contributed by atoms with Gasteiger partial charge in [0, 0.05) is 6.54 Å². The van der Waals surface area contributed by atoms with Crippen LogP contribution in [0.25, 0.3) is 0 Å². The maximum atomic E-state index is 12.0. The van der Waals surface area contributed by atoms with Crippen molar-refractivity contribution in [3.05, 3.63) is 0 Å². The number of amides is 1. The van der Waals surface area contributed by atoms with Crippen molar-refractivity contribution in [2.45, 2.75) is 52.2 Å². The minimum atomic E-state index is -2.31. The molecule has 0 aliphatic carbocycles. The number of likely N-dealkylation sites (N-methyl/N-ethyl adjacent to an activating group) is 1. The number of hydrogen-bond acceptors (Lipinski definition) is 4. The average Bonchev–Trinajstić information content (AvgIpc) is 2.21. The van der Waals surface area contributed by atoms with Crippen LogP contribution in [0.1, 0.15) is 41.0 Å². The number of hydrogen-bond donors (Lipinski definition) is 2. The Bertz CT molecular complexity index is 357. The largest absolute Gasteiger partial charge is 0.479 e. The lowest BCUT2D eigenvalue weighted by Gasteiger charge is -2.36. The average molecular weight is 275 g/mol. The van der Waals surface area contributed by atoms with Crippen molar-refractivity contribution in [2.24, 2.45) is 0 Å². The zero-order valence-electron chi connectivity index (χ0n) is 11.9. The number of carbonyl (C=O) groups is 3. The molecule has 1 amide bonds. The first-order valence-electron chi connectivity index (χ1n) is 6.00. The first-order chi connectivity index (χ1) is 8.52. The first-order valence-corrected chi connectivity index (χ1v) is 6.00. The van der Waals surface area contributed by atoms with E-state index in [0.29, 0.717) is 0 Å². The Kier molecular flexibility index (Phi) is 5.34. The summed E-state index contributed by atoms with van der Waals surface area (Å²) in [7, 11) is 0. The molecule has 0 radical (unpaired) electrons. The lowest BCUT2D eigenvalue weighted by molar-refractivity contribution is -0.167. The Morgan fingerprint density at radius 2 is 1.47 bits per heavy atom. The summed E-state index contributed by atoms with van der Waals surface area (Å²) in [5.41, 5.74) is -3.14. The second-order valence-electron chi connectivity index (χ2n) is 5.05. The van der Waals surface area contributed by atoms with Gasteiger partial charge in [-0.1, -0.05) is 6.92 Å². The Hall–Kier alpha value is -1.79. The Balaban J connectivity index is 5.57. The van der Waals surface area contributed by atoms with E-state index in [1.165, 1.54) is 13.8 Å². The molecule has 0 saturated carbocycles. The van der Waals surface area contributed by atoms with Crippen molar-refractivity contribution in [1.82, 2.24) is 4.90 Å². The third kappa shape index (κ3) is 3.59. The lowest BCUT2D eigenvalue weighted by atomic mass is 9.94. The number of carboxylic acids is 2. The molecule has 2 N–H and O–H groups in total. The summed E-state index contributed by atoms with van der Waals surface area (Å²) in [5, 5.41) is 18.4. The van der Waals surface area contributed by atoms with Crippen LogP contribution in [0.15, 0.2) is 0 Å². The monoisotopic (exact) mass is 275 g/mol. The van der Waals surface area contributed by atoms with E-state index in [9.17, 15) is 24.6 Å². The van der Waals surface area contributed by atoms with E-state index in [0.717, 1.165) is 4.90 Å². The van der Waals surface area contributed by atoms with Gasteiger partial charge in [-0.25, -0.2) is 14.4 Å². The molecule has 0 aromatic heterocycles. The van der Waals surface area contributed by atoms with Crippen molar-refractivity contribution >= 4 is 18.0 Å². The van der Waals surface area contributed by atoms with Crippen LogP contribution in [-0.4, -0.2) is 50.8 Å². The highest BCUT2D eigenvalue weighted by Gasteiger charge is 2.53. The number of carbonyl (C=O) groups excluding carboxylic acids is 1. The van der Waals surface area contributed by atoms with E-state index < -0.39 is 29.2 Å². The van der Waals surface area contributed by atoms with Crippen LogP contribution >= 0.6 is 0 Å². The molecule has 0 atom stereocenters. The molecule has 110 valence electrons. The van der Waals surface area contributed by atoms with Crippen molar-refractivity contribution < 1.29 is 29.3 Å². The molecule has 0 spiro atoms. The van der Waals surface area contributed by atoms with Gasteiger partial charge in [0.2, 0.25) is 5.54 Å². The maximum Gasteiger partial charge on any atom is 0.411 e. The van der Waals surface area contributed by atoms with Crippen LogP contribution in [0.2, 0.25) is 0 Å². The van der Waals surface area contributed by atoms with E-state index in [1.54, 1.807) is 20.8 Å². The van der Waals surface area contributed by atoms with Crippen LogP contribution in [0.5, 0.6) is 0 Å². The zero-order valence-corrected chi connectivity index (χ0v) is 11.9. The number of nitrogens with zero attached hydrogens (tertiary/aromatic N) is 1. The molecule has 19 heavy (non-hydrogen) atoms. The van der Waals surface area contributed by atoms with Crippen molar-refractivity contribution in [1.29, 1.82) is 0 Å². The highest BCUT2D eigenvalue weighted by molar-refractivity contribution is 6.05. The fourth-order valence-corrected chi connectivity index (χ4v) is 1.69. The van der Waals surface area contributed by atoms with Crippen LogP contribution in [0.3, 0.4) is 0 Å². The third-order valence-electron chi connectivity index (χ3n) is 2.61. The van der Waals surface area contributed by atoms with Gasteiger partial charge in [0.15, 0.2) is 0 Å². The fourth-order valence-electron chi connectivity index (χ4n) is 1.69. The molecule has 0 aliphatic rings. The molecule has 0 bridgehead atoms. The summed E-state index contributed by atoms with van der Waals surface area (Å²) in [4.78, 5) is 35.4. The summed E-state index contributed by atoms with van der Waals surface area (Å²) in [6.45, 7) is 7.67. The van der Waals surface area contributed by atoms with Crippen molar-refractivity contribution in [3.8, 4) is 0 Å². The summed E-state index contributed by atoms with van der Waals surface area (Å²) in [6, 6.07) is 0. The standard InChI is InChI=1S/C12H21NO6/c1-6-12(8(14)15,9(16)17)13(7-2)10(18)19-11(3,4)5/h6-7H2,1-5H3,(H,14,15)(H,16,17). The maximum absolute atomic E-state index is 12.0. The highest BCUT2D eigenvalue weighted by atomic mass is 16.6. The second kappa shape index (κ2) is 5.90. The van der Waals surface area contributed by atoms with Crippen LogP contribution in [-0.2, 0) is 14.3 Å². The summed E-state index contributed by atoms with van der Waals surface area (Å²) >= 11 is 0. The van der Waals surface area contributed by atoms with E-state index in [4.69, 9.17) is 4.74 Å². The summed E-state index contributed by atoms with van der Waals surface area (Å²) < 4.78 is 5.06. The normalized spacial score (nSPS) is 11.8. The minimum Gasteiger partial charge on any atom is -0.479 e. The topological polar surface area (TPSA) is 104 Å². The van der Waals surface area contributed by atoms with E-state index in [2.05, 4.69) is 0 Å². The van der Waals surface area contributed by atoms with Gasteiger partial charge in [-0.3, -0.25) is 4.90 Å². The number of ether oxygens (including phenoxy) is 1. The number of aliphatic carboxylic acids is 2. The molecule has 7 nitrogen and oxygen atoms in total. The van der Waals surface area contributed by atoms with Gasteiger partial charge in [0.1, 0.15) is 5.60 Å². The van der Waals surface area contributed by atoms with E-state index >= 15 is 0 Å². The molecule has 0 unspecified atom stereocenters. The predicted octanol–water partition coefficient (Wildman–Crippen LogP) is 1.56. The molecule has 0 heterocycles. The molecular weight excluding hydrogens is 254 g/mol. The quantitative estimate of drug-likeness (QED) is 0.738. The van der Waals surface area contributed by atoms with Crippen LogP contribution in [0, 0.1) is 0 Å². The minimum absolute atomic E-state index is 0.0820. The van der Waals surface area contributed by atoms with Gasteiger partial charge >= 0.3 is 18.0 Å². The summed E-state index contributed by atoms with van der Waals surface area (Å²) in [6.07, 6.45) is -1.22. The van der Waals surface area contributed by atoms with Gasteiger partial charge in [-0.05, 0) is 34.1 Å². The molecule has 0 aromatic carbocycles. The van der Waals surface area contributed by atoms with Gasteiger partial charge in [0.05, 0.1) is 0 Å². The fraction of sp³-hybridized carbons (Fsp3) is 0.750. The van der Waals surface area contributed by atoms with Gasteiger partial charge in [-0.15, -0.1) is 0 Å². The highest BCUT2D eigenvalue weighted by Crippen LogP contribution is 2.24. The lowest BCUT2D eigenvalue weighted by Crippen LogP contribution is -2.62. The van der Waals surface area contributed by atoms with Crippen molar-refractivity contribution in [3.63, 3.8) is 0 Å². The van der Waals surface area contributed by atoms with Crippen LogP contribution < -0.4 is 0 Å². The molecular formula is C12H21NO6. The predicted molar refractivity (Wildman–Crippen MR) is 66.9 cm³/mol. The number of carboxylic acid groups (broad SMARTS) is 2. The molecule has 0 fully saturated rings. The molecule has 0 aliphatic heterocycles. The zero-order chi connectivity index (χ0) is 15.4. The van der Waals surface area contributed by atoms with Gasteiger partial charge in [0.25, 0.3) is 0 Å². The number of rotatable bonds is 5. The molecule has 7 heteroatoms. The SMILES string of the molecule is CCN(C(=O)OC(C)(C)C)C(CC)(C(=O)O)C(=O)O. The molecule has 0 saturated heterocycles. The van der Waals surface area contributed by atoms with Gasteiger partial charge < -0.3 is 14.9 Å². The molecule has 0 aromatic rings. The van der Waals surface area contributed by atoms with Gasteiger partial charge in [-0.2, -0.15) is 0 Å². The Morgan fingerprint density at radius 3 is 1.68 bits per heavy atom. The first kappa shape index (κ1) is 17.2. The summed E-state index contributed by atoms with van der Waals surface area (Å²) in [5.74, 6) is -3.18. The Labute approximate surface area is 112 Å².